The lowest BCUT2D eigenvalue weighted by Gasteiger charge is -2.35. The van der Waals surface area contributed by atoms with Crippen molar-refractivity contribution in [3.63, 3.8) is 0 Å². The molecule has 27 heavy (non-hydrogen) atoms. The number of nitrogens with zero attached hydrogens (tertiary/aromatic N) is 4. The van der Waals surface area contributed by atoms with Crippen molar-refractivity contribution < 1.29 is 22.7 Å². The third-order valence-corrected chi connectivity index (χ3v) is 4.59. The maximum absolute atomic E-state index is 12.4. The second kappa shape index (κ2) is 7.95. The summed E-state index contributed by atoms with van der Waals surface area (Å²) in [4.78, 5) is 18.5. The minimum Gasteiger partial charge on any atom is -0.406 e. The fourth-order valence-electron chi connectivity index (χ4n) is 3.10. The molecule has 0 spiro atoms. The van der Waals surface area contributed by atoms with Crippen LogP contribution in [0, 0.1) is 0 Å². The summed E-state index contributed by atoms with van der Waals surface area (Å²) in [5, 5.41) is 6.88. The number of halogens is 3. The minimum atomic E-state index is -4.74. The summed E-state index contributed by atoms with van der Waals surface area (Å²) in [7, 11) is 0. The highest BCUT2D eigenvalue weighted by Crippen LogP contribution is 2.25. The topological polar surface area (TPSA) is 72.3 Å². The Morgan fingerprint density at radius 3 is 2.48 bits per heavy atom. The van der Waals surface area contributed by atoms with Gasteiger partial charge in [-0.2, -0.15) is 5.10 Å². The number of alkyl halides is 3. The monoisotopic (exact) mass is 383 g/mol. The predicted octanol–water partition coefficient (Wildman–Crippen LogP) is 2.84. The van der Waals surface area contributed by atoms with E-state index in [0.717, 1.165) is 38.1 Å². The molecular formula is C17H20F3N5O2. The fraction of sp³-hybridized carbons (Fsp3) is 0.471. The Morgan fingerprint density at radius 2 is 1.93 bits per heavy atom. The van der Waals surface area contributed by atoms with Gasteiger partial charge in [-0.3, -0.25) is 9.69 Å². The minimum absolute atomic E-state index is 0.210. The van der Waals surface area contributed by atoms with E-state index >= 15 is 0 Å². The van der Waals surface area contributed by atoms with Crippen molar-refractivity contribution in [2.75, 3.05) is 18.4 Å². The van der Waals surface area contributed by atoms with Gasteiger partial charge in [0.25, 0.3) is 0 Å². The van der Waals surface area contributed by atoms with Gasteiger partial charge in [-0.15, -0.1) is 13.2 Å². The number of likely N-dealkylation sites (tertiary alicyclic amines) is 1. The predicted molar refractivity (Wildman–Crippen MR) is 91.1 cm³/mol. The first kappa shape index (κ1) is 19.2. The number of piperidine rings is 1. The van der Waals surface area contributed by atoms with Crippen molar-refractivity contribution in [1.82, 2.24) is 19.7 Å². The molecule has 1 amide bonds. The highest BCUT2D eigenvalue weighted by atomic mass is 19.4. The number of anilines is 1. The lowest BCUT2D eigenvalue weighted by Crippen LogP contribution is -2.46. The molecule has 2 heterocycles. The van der Waals surface area contributed by atoms with Crippen molar-refractivity contribution >= 4 is 11.6 Å². The molecule has 1 fully saturated rings. The number of amides is 1. The number of carbonyl (C=O) groups excluding carboxylic acids is 1. The molecule has 1 aliphatic rings. The third-order valence-electron chi connectivity index (χ3n) is 4.59. The second-order valence-electron chi connectivity index (χ2n) is 6.38. The van der Waals surface area contributed by atoms with Crippen molar-refractivity contribution in [3.8, 4) is 5.75 Å². The number of hydrogen-bond donors (Lipinski definition) is 1. The number of rotatable bonds is 5. The van der Waals surface area contributed by atoms with E-state index in [1.165, 1.54) is 18.5 Å². The number of hydrogen-bond acceptors (Lipinski definition) is 5. The summed E-state index contributed by atoms with van der Waals surface area (Å²) in [5.74, 6) is -0.539. The third kappa shape index (κ3) is 5.19. The first-order valence-corrected chi connectivity index (χ1v) is 8.56. The molecule has 7 nitrogen and oxygen atoms in total. The molecule has 10 heteroatoms. The number of aromatic nitrogens is 3. The van der Waals surface area contributed by atoms with Gasteiger partial charge in [-0.25, -0.2) is 9.67 Å². The van der Waals surface area contributed by atoms with Gasteiger partial charge < -0.3 is 10.1 Å². The Labute approximate surface area is 154 Å². The number of ether oxygens (including phenoxy) is 1. The van der Waals surface area contributed by atoms with Gasteiger partial charge in [0, 0.05) is 18.8 Å². The zero-order valence-electron chi connectivity index (χ0n) is 14.7. The van der Waals surface area contributed by atoms with Crippen molar-refractivity contribution in [2.24, 2.45) is 0 Å². The van der Waals surface area contributed by atoms with Crippen LogP contribution in [0.2, 0.25) is 0 Å². The zero-order chi connectivity index (χ0) is 19.4. The second-order valence-corrected chi connectivity index (χ2v) is 6.38. The molecule has 0 aliphatic carbocycles. The summed E-state index contributed by atoms with van der Waals surface area (Å²) in [6, 6.07) is 5.01. The summed E-state index contributed by atoms with van der Waals surface area (Å²) < 4.78 is 42.2. The lowest BCUT2D eigenvalue weighted by atomic mass is 10.0. The fourth-order valence-corrected chi connectivity index (χ4v) is 3.10. The van der Waals surface area contributed by atoms with E-state index in [1.807, 2.05) is 11.6 Å². The highest BCUT2D eigenvalue weighted by molar-refractivity contribution is 5.94. The Balaban J connectivity index is 1.50. The first-order chi connectivity index (χ1) is 12.8. The van der Waals surface area contributed by atoms with Crippen LogP contribution >= 0.6 is 0 Å². The maximum Gasteiger partial charge on any atom is 0.573 e. The molecule has 1 aromatic carbocycles. The van der Waals surface area contributed by atoms with Crippen LogP contribution < -0.4 is 10.1 Å². The Morgan fingerprint density at radius 1 is 1.26 bits per heavy atom. The van der Waals surface area contributed by atoms with Gasteiger partial charge in [0.05, 0.1) is 12.1 Å². The van der Waals surface area contributed by atoms with Crippen LogP contribution in [-0.4, -0.2) is 51.1 Å². The molecule has 2 aromatic rings. The quantitative estimate of drug-likeness (QED) is 0.860. The Kier molecular flexibility index (Phi) is 5.64. The molecule has 146 valence electrons. The average molecular weight is 383 g/mol. The molecule has 1 aromatic heterocycles. The molecule has 1 unspecified atom stereocenters. The standard InChI is InChI=1S/C17H20F3N5O2/c1-12(24-8-6-14(7-9-24)25-11-21-10-22-25)16(26)23-13-2-4-15(5-3-13)27-17(18,19)20/h2-5,10-12,14H,6-9H2,1H3,(H,23,26). The SMILES string of the molecule is CC(C(=O)Nc1ccc(OC(F)(F)F)cc1)N1CCC(n2cncn2)CC1. The molecule has 3 rings (SSSR count). The van der Waals surface area contributed by atoms with Crippen LogP contribution in [0.15, 0.2) is 36.9 Å². The lowest BCUT2D eigenvalue weighted by molar-refractivity contribution is -0.274. The van der Waals surface area contributed by atoms with Gasteiger partial charge in [-0.05, 0) is 44.0 Å². The number of benzene rings is 1. The van der Waals surface area contributed by atoms with Crippen molar-refractivity contribution in [3.05, 3.63) is 36.9 Å². The van der Waals surface area contributed by atoms with E-state index in [9.17, 15) is 18.0 Å². The first-order valence-electron chi connectivity index (χ1n) is 8.56. The highest BCUT2D eigenvalue weighted by Gasteiger charge is 2.31. The van der Waals surface area contributed by atoms with E-state index in [1.54, 1.807) is 6.33 Å². The summed E-state index contributed by atoms with van der Waals surface area (Å²) in [5.41, 5.74) is 0.416. The smallest absolute Gasteiger partial charge is 0.406 e. The van der Waals surface area contributed by atoms with E-state index in [0.29, 0.717) is 5.69 Å². The Bertz CT molecular complexity index is 741. The van der Waals surface area contributed by atoms with Crippen LogP contribution in [0.5, 0.6) is 5.75 Å². The molecule has 1 atom stereocenters. The van der Waals surface area contributed by atoms with Crippen LogP contribution in [0.25, 0.3) is 0 Å². The maximum atomic E-state index is 12.4. The summed E-state index contributed by atoms with van der Waals surface area (Å²) >= 11 is 0. The van der Waals surface area contributed by atoms with E-state index < -0.39 is 6.36 Å². The molecule has 0 bridgehead atoms. The van der Waals surface area contributed by atoms with Crippen molar-refractivity contribution in [2.45, 2.75) is 38.2 Å². The Hall–Kier alpha value is -2.62. The van der Waals surface area contributed by atoms with Crippen LogP contribution in [-0.2, 0) is 4.79 Å². The molecule has 1 aliphatic heterocycles. The van der Waals surface area contributed by atoms with Crippen LogP contribution in [0.1, 0.15) is 25.8 Å². The largest absolute Gasteiger partial charge is 0.573 e. The van der Waals surface area contributed by atoms with Crippen molar-refractivity contribution in [1.29, 1.82) is 0 Å². The molecule has 1 N–H and O–H groups in total. The van der Waals surface area contributed by atoms with Gasteiger partial charge in [0.2, 0.25) is 5.91 Å². The average Bonchev–Trinajstić information content (AvgIpc) is 3.16. The zero-order valence-corrected chi connectivity index (χ0v) is 14.7. The van der Waals surface area contributed by atoms with Gasteiger partial charge in [0.15, 0.2) is 0 Å². The molecule has 0 saturated carbocycles. The molecule has 1 saturated heterocycles. The number of carbonyl (C=O) groups is 1. The van der Waals surface area contributed by atoms with Gasteiger partial charge in [-0.1, -0.05) is 0 Å². The number of nitrogens with one attached hydrogen (secondary N) is 1. The summed E-state index contributed by atoms with van der Waals surface area (Å²) in [6.45, 7) is 3.31. The normalized spacial score (nSPS) is 17.5. The van der Waals surface area contributed by atoms with Gasteiger partial charge in [0.1, 0.15) is 18.4 Å². The van der Waals surface area contributed by atoms with Crippen LogP contribution in [0.4, 0.5) is 18.9 Å². The summed E-state index contributed by atoms with van der Waals surface area (Å²) in [6.07, 6.45) is 0.197. The van der Waals surface area contributed by atoms with Crippen LogP contribution in [0.3, 0.4) is 0 Å². The van der Waals surface area contributed by atoms with Gasteiger partial charge >= 0.3 is 6.36 Å². The van der Waals surface area contributed by atoms with E-state index in [2.05, 4.69) is 25.0 Å². The van der Waals surface area contributed by atoms with E-state index in [4.69, 9.17) is 0 Å². The molecule has 0 radical (unpaired) electrons. The van der Waals surface area contributed by atoms with E-state index in [-0.39, 0.29) is 23.7 Å². The molecular weight excluding hydrogens is 363 g/mol.